The van der Waals surface area contributed by atoms with Gasteiger partial charge in [0.2, 0.25) is 0 Å². The summed E-state index contributed by atoms with van der Waals surface area (Å²) in [7, 11) is 0. The van der Waals surface area contributed by atoms with E-state index in [0.717, 1.165) is 5.56 Å². The molecule has 0 saturated heterocycles. The second kappa shape index (κ2) is 6.78. The van der Waals surface area contributed by atoms with Crippen molar-refractivity contribution in [3.8, 4) is 5.75 Å². The highest BCUT2D eigenvalue weighted by atomic mass is 79.9. The SMILES string of the molecule is CC(C)(CCO)NCc1ccc(OC(F)(F)F)c(Br)c1. The number of rotatable bonds is 6. The molecule has 0 atom stereocenters. The average molecular weight is 356 g/mol. The van der Waals surface area contributed by atoms with Crippen molar-refractivity contribution < 1.29 is 23.0 Å². The van der Waals surface area contributed by atoms with Crippen LogP contribution in [0.15, 0.2) is 22.7 Å². The van der Waals surface area contributed by atoms with Gasteiger partial charge < -0.3 is 15.2 Å². The molecule has 1 rings (SSSR count). The van der Waals surface area contributed by atoms with Crippen molar-refractivity contribution in [2.45, 2.75) is 38.7 Å². The third-order valence-corrected chi connectivity index (χ3v) is 3.35. The summed E-state index contributed by atoms with van der Waals surface area (Å²) >= 11 is 3.06. The number of nitrogens with one attached hydrogen (secondary N) is 1. The molecule has 3 nitrogen and oxygen atoms in total. The topological polar surface area (TPSA) is 41.5 Å². The van der Waals surface area contributed by atoms with E-state index < -0.39 is 6.36 Å². The van der Waals surface area contributed by atoms with Gasteiger partial charge in [0, 0.05) is 18.7 Å². The number of aliphatic hydroxyl groups is 1. The lowest BCUT2D eigenvalue weighted by Crippen LogP contribution is -2.39. The van der Waals surface area contributed by atoms with Gasteiger partial charge in [-0.25, -0.2) is 0 Å². The zero-order valence-corrected chi connectivity index (χ0v) is 12.8. The molecule has 0 aliphatic carbocycles. The standard InChI is InChI=1S/C13H17BrF3NO2/c1-12(2,5-6-19)18-8-9-3-4-11(10(14)7-9)20-13(15,16)17/h3-4,7,18-19H,5-6,8H2,1-2H3. The number of halogens is 4. The van der Waals surface area contributed by atoms with Gasteiger partial charge in [-0.3, -0.25) is 0 Å². The summed E-state index contributed by atoms with van der Waals surface area (Å²) in [6, 6.07) is 4.41. The Bertz CT molecular complexity index is 450. The summed E-state index contributed by atoms with van der Waals surface area (Å²) in [5.41, 5.74) is 0.569. The molecule has 0 radical (unpaired) electrons. The van der Waals surface area contributed by atoms with Crippen LogP contribution in [-0.2, 0) is 6.54 Å². The highest BCUT2D eigenvalue weighted by Gasteiger charge is 2.31. The average Bonchev–Trinajstić information content (AvgIpc) is 2.28. The molecular formula is C13H17BrF3NO2. The molecule has 0 spiro atoms. The minimum atomic E-state index is -4.70. The van der Waals surface area contributed by atoms with Gasteiger partial charge in [-0.2, -0.15) is 0 Å². The molecule has 2 N–H and O–H groups in total. The van der Waals surface area contributed by atoms with Crippen LogP contribution in [0.5, 0.6) is 5.75 Å². The molecule has 0 aromatic heterocycles. The van der Waals surface area contributed by atoms with E-state index in [1.807, 2.05) is 13.8 Å². The summed E-state index contributed by atoms with van der Waals surface area (Å²) in [5.74, 6) is -0.268. The molecule has 0 fully saturated rings. The van der Waals surface area contributed by atoms with E-state index in [4.69, 9.17) is 5.11 Å². The second-order valence-electron chi connectivity index (χ2n) is 5.02. The Labute approximate surface area is 124 Å². The first-order valence-electron chi connectivity index (χ1n) is 6.03. The van der Waals surface area contributed by atoms with Gasteiger partial charge in [0.15, 0.2) is 0 Å². The van der Waals surface area contributed by atoms with Crippen molar-refractivity contribution in [2.75, 3.05) is 6.61 Å². The molecule has 20 heavy (non-hydrogen) atoms. The Morgan fingerprint density at radius 1 is 1.30 bits per heavy atom. The number of ether oxygens (including phenoxy) is 1. The molecule has 0 bridgehead atoms. The van der Waals surface area contributed by atoms with Crippen LogP contribution in [0.1, 0.15) is 25.8 Å². The van der Waals surface area contributed by atoms with Gasteiger partial charge in [-0.1, -0.05) is 6.07 Å². The number of hydrogen-bond acceptors (Lipinski definition) is 3. The third-order valence-electron chi connectivity index (χ3n) is 2.73. The first-order valence-corrected chi connectivity index (χ1v) is 6.82. The van der Waals surface area contributed by atoms with Gasteiger partial charge in [0.25, 0.3) is 0 Å². The molecule has 1 aromatic rings. The predicted octanol–water partition coefficient (Wildman–Crippen LogP) is 3.60. The third kappa shape index (κ3) is 6.11. The molecule has 0 saturated carbocycles. The first kappa shape index (κ1) is 17.3. The fourth-order valence-corrected chi connectivity index (χ4v) is 2.08. The molecule has 0 amide bonds. The van der Waals surface area contributed by atoms with Crippen molar-refractivity contribution in [1.82, 2.24) is 5.32 Å². The fraction of sp³-hybridized carbons (Fsp3) is 0.538. The van der Waals surface area contributed by atoms with Gasteiger partial charge in [0.05, 0.1) is 4.47 Å². The van der Waals surface area contributed by atoms with Crippen LogP contribution in [0.3, 0.4) is 0 Å². The lowest BCUT2D eigenvalue weighted by atomic mass is 10.0. The summed E-state index contributed by atoms with van der Waals surface area (Å²) in [4.78, 5) is 0. The lowest BCUT2D eigenvalue weighted by Gasteiger charge is -2.25. The van der Waals surface area contributed by atoms with Crippen molar-refractivity contribution in [1.29, 1.82) is 0 Å². The van der Waals surface area contributed by atoms with Crippen LogP contribution in [0.4, 0.5) is 13.2 Å². The van der Waals surface area contributed by atoms with Crippen molar-refractivity contribution >= 4 is 15.9 Å². The zero-order valence-electron chi connectivity index (χ0n) is 11.2. The Morgan fingerprint density at radius 2 is 1.95 bits per heavy atom. The van der Waals surface area contributed by atoms with Crippen molar-refractivity contribution in [2.24, 2.45) is 0 Å². The van der Waals surface area contributed by atoms with Gasteiger partial charge in [0.1, 0.15) is 5.75 Å². The Morgan fingerprint density at radius 3 is 2.45 bits per heavy atom. The molecular weight excluding hydrogens is 339 g/mol. The summed E-state index contributed by atoms with van der Waals surface area (Å²) in [6.07, 6.45) is -4.12. The molecule has 0 unspecified atom stereocenters. The van der Waals surface area contributed by atoms with E-state index in [9.17, 15) is 13.2 Å². The highest BCUT2D eigenvalue weighted by Crippen LogP contribution is 2.31. The maximum absolute atomic E-state index is 12.1. The normalized spacial score (nSPS) is 12.6. The smallest absolute Gasteiger partial charge is 0.405 e. The van der Waals surface area contributed by atoms with Gasteiger partial charge >= 0.3 is 6.36 Å². The Hall–Kier alpha value is -0.790. The predicted molar refractivity (Wildman–Crippen MR) is 73.4 cm³/mol. The molecule has 0 aliphatic rings. The number of aliphatic hydroxyl groups excluding tert-OH is 1. The van der Waals surface area contributed by atoms with E-state index in [-0.39, 0.29) is 22.4 Å². The number of benzene rings is 1. The first-order chi connectivity index (χ1) is 9.13. The van der Waals surface area contributed by atoms with Gasteiger partial charge in [-0.05, 0) is 53.9 Å². The van der Waals surface area contributed by atoms with Crippen LogP contribution in [-0.4, -0.2) is 23.6 Å². The van der Waals surface area contributed by atoms with E-state index in [2.05, 4.69) is 26.0 Å². The monoisotopic (exact) mass is 355 g/mol. The second-order valence-corrected chi connectivity index (χ2v) is 5.88. The van der Waals surface area contributed by atoms with Crippen molar-refractivity contribution in [3.05, 3.63) is 28.2 Å². The van der Waals surface area contributed by atoms with Crippen molar-refractivity contribution in [3.63, 3.8) is 0 Å². The molecule has 7 heteroatoms. The van der Waals surface area contributed by atoms with Crippen LogP contribution < -0.4 is 10.1 Å². The van der Waals surface area contributed by atoms with E-state index >= 15 is 0 Å². The van der Waals surface area contributed by atoms with Crippen LogP contribution in [0.25, 0.3) is 0 Å². The van der Waals surface area contributed by atoms with E-state index in [0.29, 0.717) is 13.0 Å². The maximum atomic E-state index is 12.1. The summed E-state index contributed by atoms with van der Waals surface area (Å²) < 4.78 is 40.5. The van der Waals surface area contributed by atoms with Crippen LogP contribution in [0.2, 0.25) is 0 Å². The van der Waals surface area contributed by atoms with E-state index in [1.165, 1.54) is 6.07 Å². The maximum Gasteiger partial charge on any atom is 0.573 e. The summed E-state index contributed by atoms with van der Waals surface area (Å²) in [5, 5.41) is 12.1. The lowest BCUT2D eigenvalue weighted by molar-refractivity contribution is -0.274. The highest BCUT2D eigenvalue weighted by molar-refractivity contribution is 9.10. The number of alkyl halides is 3. The summed E-state index contributed by atoms with van der Waals surface area (Å²) in [6.45, 7) is 4.44. The minimum Gasteiger partial charge on any atom is -0.405 e. The van der Waals surface area contributed by atoms with E-state index in [1.54, 1.807) is 12.1 Å². The fourth-order valence-electron chi connectivity index (χ4n) is 1.57. The molecule has 114 valence electrons. The Kier molecular flexibility index (Phi) is 5.85. The quantitative estimate of drug-likeness (QED) is 0.819. The zero-order chi connectivity index (χ0) is 15.4. The van der Waals surface area contributed by atoms with Gasteiger partial charge in [-0.15, -0.1) is 13.2 Å². The molecule has 0 heterocycles. The largest absolute Gasteiger partial charge is 0.573 e. The number of hydrogen-bond donors (Lipinski definition) is 2. The van der Waals surface area contributed by atoms with Crippen LogP contribution in [0, 0.1) is 0 Å². The molecule has 1 aromatic carbocycles. The molecule has 0 aliphatic heterocycles. The Balaban J connectivity index is 2.68. The minimum absolute atomic E-state index is 0.0715. The van der Waals surface area contributed by atoms with Crippen LogP contribution >= 0.6 is 15.9 Å².